The molecular weight excluding hydrogens is 482 g/mol. The maximum Gasteiger partial charge on any atom is 0.326 e. The maximum atomic E-state index is 13.1. The molecule has 0 spiro atoms. The molecule has 0 heterocycles. The summed E-state index contributed by atoms with van der Waals surface area (Å²) in [5.74, 6) is -5.32. The second-order valence-corrected chi connectivity index (χ2v) is 9.01. The van der Waals surface area contributed by atoms with Crippen molar-refractivity contribution < 1.29 is 34.2 Å². The number of hydrogen-bond acceptors (Lipinski definition) is 7. The van der Waals surface area contributed by atoms with Gasteiger partial charge in [-0.15, -0.1) is 0 Å². The molecule has 0 saturated carbocycles. The Morgan fingerprint density at radius 3 is 2.05 bits per heavy atom. The molecule has 3 amide bonds. The number of hydrogen-bond donors (Lipinski definition) is 7. The van der Waals surface area contributed by atoms with Gasteiger partial charge >= 0.3 is 11.9 Å². The zero-order valence-electron chi connectivity index (χ0n) is 21.3. The molecule has 9 N–H and O–H groups in total. The lowest BCUT2D eigenvalue weighted by atomic mass is 9.96. The lowest BCUT2D eigenvalue weighted by Gasteiger charge is -2.27. The number of carbonyl (C=O) groups excluding carboxylic acids is 3. The van der Waals surface area contributed by atoms with Gasteiger partial charge in [0.25, 0.3) is 0 Å². The zero-order valence-corrected chi connectivity index (χ0v) is 21.3. The SMILES string of the molecule is CCC(C)C(NC(=O)C(CC(=O)O)NC(=O)C(N)CCCCN)C(=O)NC(Cc1ccccc1)C(=O)O. The Bertz CT molecular complexity index is 912. The monoisotopic (exact) mass is 521 g/mol. The highest BCUT2D eigenvalue weighted by Crippen LogP contribution is 2.11. The van der Waals surface area contributed by atoms with Crippen molar-refractivity contribution in [2.45, 2.75) is 76.5 Å². The van der Waals surface area contributed by atoms with Crippen LogP contribution in [0.5, 0.6) is 0 Å². The van der Waals surface area contributed by atoms with E-state index in [1.807, 2.05) is 0 Å². The lowest BCUT2D eigenvalue weighted by Crippen LogP contribution is -2.59. The first kappa shape index (κ1) is 31.5. The fourth-order valence-electron chi connectivity index (χ4n) is 3.57. The molecule has 0 saturated heterocycles. The predicted molar refractivity (Wildman–Crippen MR) is 136 cm³/mol. The summed E-state index contributed by atoms with van der Waals surface area (Å²) in [6.07, 6.45) is 1.31. The zero-order chi connectivity index (χ0) is 28.0. The van der Waals surface area contributed by atoms with Gasteiger partial charge in [-0.2, -0.15) is 0 Å². The molecule has 1 aromatic rings. The molecule has 0 fully saturated rings. The minimum absolute atomic E-state index is 0.0306. The van der Waals surface area contributed by atoms with E-state index in [0.29, 0.717) is 37.8 Å². The third kappa shape index (κ3) is 11.4. The van der Waals surface area contributed by atoms with Crippen molar-refractivity contribution in [3.63, 3.8) is 0 Å². The van der Waals surface area contributed by atoms with E-state index < -0.39 is 66.2 Å². The molecule has 37 heavy (non-hydrogen) atoms. The Kier molecular flexibility index (Phi) is 13.9. The maximum absolute atomic E-state index is 13.1. The summed E-state index contributed by atoms with van der Waals surface area (Å²) in [6, 6.07) is 3.89. The van der Waals surface area contributed by atoms with Crippen LogP contribution < -0.4 is 27.4 Å². The average molecular weight is 522 g/mol. The van der Waals surface area contributed by atoms with Crippen LogP contribution in [0.25, 0.3) is 0 Å². The van der Waals surface area contributed by atoms with E-state index >= 15 is 0 Å². The Balaban J connectivity index is 2.99. The molecule has 12 heteroatoms. The minimum atomic E-state index is -1.48. The first-order chi connectivity index (χ1) is 17.5. The van der Waals surface area contributed by atoms with Crippen LogP contribution in [0, 0.1) is 5.92 Å². The quantitative estimate of drug-likeness (QED) is 0.134. The van der Waals surface area contributed by atoms with Gasteiger partial charge < -0.3 is 37.6 Å². The van der Waals surface area contributed by atoms with Crippen molar-refractivity contribution in [3.8, 4) is 0 Å². The molecule has 0 bridgehead atoms. The second kappa shape index (κ2) is 16.3. The smallest absolute Gasteiger partial charge is 0.326 e. The average Bonchev–Trinajstić information content (AvgIpc) is 2.85. The van der Waals surface area contributed by atoms with E-state index in [4.69, 9.17) is 11.5 Å². The van der Waals surface area contributed by atoms with Crippen molar-refractivity contribution in [1.29, 1.82) is 0 Å². The van der Waals surface area contributed by atoms with Crippen LogP contribution in [0.15, 0.2) is 30.3 Å². The third-order valence-corrected chi connectivity index (χ3v) is 6.01. The first-order valence-electron chi connectivity index (χ1n) is 12.3. The van der Waals surface area contributed by atoms with Crippen LogP contribution in [0.3, 0.4) is 0 Å². The summed E-state index contributed by atoms with van der Waals surface area (Å²) < 4.78 is 0. The van der Waals surface area contributed by atoms with Gasteiger partial charge in [0.2, 0.25) is 17.7 Å². The van der Waals surface area contributed by atoms with Crippen molar-refractivity contribution in [1.82, 2.24) is 16.0 Å². The molecule has 12 nitrogen and oxygen atoms in total. The van der Waals surface area contributed by atoms with Crippen LogP contribution in [0.4, 0.5) is 0 Å². The molecular formula is C25H39N5O7. The summed E-state index contributed by atoms with van der Waals surface area (Å²) in [6.45, 7) is 3.91. The summed E-state index contributed by atoms with van der Waals surface area (Å²) in [4.78, 5) is 61.7. The lowest BCUT2D eigenvalue weighted by molar-refractivity contribution is -0.143. The third-order valence-electron chi connectivity index (χ3n) is 6.01. The predicted octanol–water partition coefficient (Wildman–Crippen LogP) is -0.255. The largest absolute Gasteiger partial charge is 0.481 e. The van der Waals surface area contributed by atoms with E-state index in [1.54, 1.807) is 44.2 Å². The molecule has 0 aliphatic carbocycles. The number of nitrogens with one attached hydrogen (secondary N) is 3. The highest BCUT2D eigenvalue weighted by Gasteiger charge is 2.33. The van der Waals surface area contributed by atoms with Gasteiger partial charge in [-0.1, -0.05) is 57.0 Å². The molecule has 0 aliphatic heterocycles. The topological polar surface area (TPSA) is 214 Å². The Morgan fingerprint density at radius 1 is 0.892 bits per heavy atom. The van der Waals surface area contributed by atoms with E-state index in [2.05, 4.69) is 16.0 Å². The van der Waals surface area contributed by atoms with Crippen LogP contribution in [-0.2, 0) is 30.4 Å². The van der Waals surface area contributed by atoms with Gasteiger partial charge in [0, 0.05) is 6.42 Å². The number of benzene rings is 1. The summed E-state index contributed by atoms with van der Waals surface area (Å²) in [5.41, 5.74) is 12.0. The molecule has 1 rings (SSSR count). The summed E-state index contributed by atoms with van der Waals surface area (Å²) >= 11 is 0. The molecule has 206 valence electrons. The van der Waals surface area contributed by atoms with Gasteiger partial charge in [-0.25, -0.2) is 4.79 Å². The fraction of sp³-hybridized carbons (Fsp3) is 0.560. The Hall–Kier alpha value is -3.51. The van der Waals surface area contributed by atoms with Crippen molar-refractivity contribution in [2.24, 2.45) is 17.4 Å². The van der Waals surface area contributed by atoms with Crippen LogP contribution in [-0.4, -0.2) is 70.6 Å². The second-order valence-electron chi connectivity index (χ2n) is 9.01. The van der Waals surface area contributed by atoms with Gasteiger partial charge in [0.05, 0.1) is 12.5 Å². The molecule has 1 aromatic carbocycles. The number of aliphatic carboxylic acids is 2. The summed E-state index contributed by atoms with van der Waals surface area (Å²) in [7, 11) is 0. The normalized spacial score (nSPS) is 14.9. The highest BCUT2D eigenvalue weighted by atomic mass is 16.4. The Morgan fingerprint density at radius 2 is 1.51 bits per heavy atom. The van der Waals surface area contributed by atoms with E-state index in [9.17, 15) is 34.2 Å². The molecule has 0 aromatic heterocycles. The summed E-state index contributed by atoms with van der Waals surface area (Å²) in [5, 5.41) is 26.2. The molecule has 5 unspecified atom stereocenters. The van der Waals surface area contributed by atoms with Gasteiger partial charge in [-0.05, 0) is 30.9 Å². The molecule has 0 radical (unpaired) electrons. The number of unbranched alkanes of at least 4 members (excludes halogenated alkanes) is 1. The van der Waals surface area contributed by atoms with Gasteiger partial charge in [0.1, 0.15) is 18.1 Å². The molecule has 5 atom stereocenters. The minimum Gasteiger partial charge on any atom is -0.481 e. The standard InChI is InChI=1S/C25H39N5O7/c1-3-15(2)21(24(35)29-19(25(36)37)13-16-9-5-4-6-10-16)30-23(34)18(14-20(31)32)28-22(33)17(27)11-7-8-12-26/h4-6,9-10,15,17-19,21H,3,7-8,11-14,26-27H2,1-2H3,(H,28,33)(H,29,35)(H,30,34)(H,31,32)(H,36,37). The van der Waals surface area contributed by atoms with E-state index in [1.165, 1.54) is 0 Å². The fourth-order valence-corrected chi connectivity index (χ4v) is 3.57. The number of rotatable bonds is 17. The highest BCUT2D eigenvalue weighted by molar-refractivity contribution is 5.95. The van der Waals surface area contributed by atoms with Crippen LogP contribution in [0.1, 0.15) is 51.5 Å². The number of carbonyl (C=O) groups is 5. The number of carboxylic acid groups (broad SMARTS) is 2. The number of nitrogens with two attached hydrogens (primary N) is 2. The van der Waals surface area contributed by atoms with E-state index in [-0.39, 0.29) is 6.42 Å². The van der Waals surface area contributed by atoms with E-state index in [0.717, 1.165) is 0 Å². The van der Waals surface area contributed by atoms with Crippen molar-refractivity contribution in [3.05, 3.63) is 35.9 Å². The number of amides is 3. The Labute approximate surface area is 216 Å². The van der Waals surface area contributed by atoms with Gasteiger partial charge in [0.15, 0.2) is 0 Å². The first-order valence-corrected chi connectivity index (χ1v) is 12.3. The van der Waals surface area contributed by atoms with Crippen LogP contribution >= 0.6 is 0 Å². The van der Waals surface area contributed by atoms with Crippen LogP contribution in [0.2, 0.25) is 0 Å². The van der Waals surface area contributed by atoms with Crippen molar-refractivity contribution in [2.75, 3.05) is 6.54 Å². The van der Waals surface area contributed by atoms with Crippen molar-refractivity contribution >= 4 is 29.7 Å². The van der Waals surface area contributed by atoms with Gasteiger partial charge in [-0.3, -0.25) is 19.2 Å². The number of carboxylic acids is 2. The molecule has 0 aliphatic rings.